The molecule has 0 saturated heterocycles. The van der Waals surface area contributed by atoms with Crippen LogP contribution in [0.3, 0.4) is 0 Å². The predicted molar refractivity (Wildman–Crippen MR) is 83.4 cm³/mol. The van der Waals surface area contributed by atoms with E-state index in [1.807, 2.05) is 13.8 Å². The fourth-order valence-corrected chi connectivity index (χ4v) is 3.32. The molecule has 1 aromatic carbocycles. The number of hydrogen-bond donors (Lipinski definition) is 1. The Bertz CT molecular complexity index is 635. The van der Waals surface area contributed by atoms with Gasteiger partial charge in [-0.25, -0.2) is 4.98 Å². The number of carbonyl (C=O) groups is 1. The molecule has 0 fully saturated rings. The van der Waals surface area contributed by atoms with Crippen LogP contribution in [-0.2, 0) is 6.54 Å². The first-order valence-electron chi connectivity index (χ1n) is 6.67. The van der Waals surface area contributed by atoms with E-state index in [4.69, 9.17) is 0 Å². The molecule has 0 bridgehead atoms. The highest BCUT2D eigenvalue weighted by molar-refractivity contribution is 7.13. The van der Waals surface area contributed by atoms with Crippen LogP contribution in [-0.4, -0.2) is 10.9 Å². The lowest BCUT2D eigenvalue weighted by atomic mass is 10.00. The van der Waals surface area contributed by atoms with Gasteiger partial charge in [0.15, 0.2) is 0 Å². The van der Waals surface area contributed by atoms with E-state index < -0.39 is 0 Å². The summed E-state index contributed by atoms with van der Waals surface area (Å²) in [6.07, 6.45) is 0. The van der Waals surface area contributed by atoms with E-state index in [1.165, 1.54) is 33.6 Å². The summed E-state index contributed by atoms with van der Waals surface area (Å²) in [5.41, 5.74) is 5.70. The molecule has 2 rings (SSSR count). The number of amides is 1. The highest BCUT2D eigenvalue weighted by Crippen LogP contribution is 2.19. The lowest BCUT2D eigenvalue weighted by molar-refractivity contribution is 0.0954. The summed E-state index contributed by atoms with van der Waals surface area (Å²) in [4.78, 5) is 17.2. The van der Waals surface area contributed by atoms with Crippen molar-refractivity contribution in [3.05, 3.63) is 50.0 Å². The van der Waals surface area contributed by atoms with E-state index in [2.05, 4.69) is 43.2 Å². The van der Waals surface area contributed by atoms with Gasteiger partial charge in [-0.1, -0.05) is 17.7 Å². The second kappa shape index (κ2) is 5.75. The zero-order valence-electron chi connectivity index (χ0n) is 12.6. The first kappa shape index (κ1) is 14.7. The molecular formula is C16H20N2OS. The van der Waals surface area contributed by atoms with Crippen LogP contribution in [0, 0.1) is 34.6 Å². The monoisotopic (exact) mass is 288 g/mol. The standard InChI is InChI=1S/C16H20N2OS/c1-9-6-10(2)14(11(3)7-9)8-17-16(19)15-12(4)18-13(5)20-15/h6-7H,8H2,1-5H3,(H,17,19). The van der Waals surface area contributed by atoms with Gasteiger partial charge in [0, 0.05) is 6.54 Å². The molecule has 20 heavy (non-hydrogen) atoms. The number of benzene rings is 1. The van der Waals surface area contributed by atoms with Crippen LogP contribution >= 0.6 is 11.3 Å². The second-order valence-electron chi connectivity index (χ2n) is 5.21. The van der Waals surface area contributed by atoms with Crippen molar-refractivity contribution < 1.29 is 4.79 Å². The molecule has 0 spiro atoms. The zero-order valence-corrected chi connectivity index (χ0v) is 13.4. The molecule has 0 unspecified atom stereocenters. The molecule has 0 saturated carbocycles. The highest BCUT2D eigenvalue weighted by Gasteiger charge is 2.14. The largest absolute Gasteiger partial charge is 0.347 e. The maximum atomic E-state index is 12.2. The SMILES string of the molecule is Cc1cc(C)c(CNC(=O)c2sc(C)nc2C)c(C)c1. The van der Waals surface area contributed by atoms with Gasteiger partial charge in [0.2, 0.25) is 0 Å². The Morgan fingerprint density at radius 3 is 2.25 bits per heavy atom. The molecule has 4 heteroatoms. The Labute approximate surface area is 124 Å². The summed E-state index contributed by atoms with van der Waals surface area (Å²) in [6.45, 7) is 10.6. The van der Waals surface area contributed by atoms with Crippen molar-refractivity contribution in [1.82, 2.24) is 10.3 Å². The van der Waals surface area contributed by atoms with Crippen LogP contribution < -0.4 is 5.32 Å². The van der Waals surface area contributed by atoms with Crippen molar-refractivity contribution in [2.45, 2.75) is 41.2 Å². The van der Waals surface area contributed by atoms with Gasteiger partial charge in [0.25, 0.3) is 5.91 Å². The van der Waals surface area contributed by atoms with E-state index in [9.17, 15) is 4.79 Å². The van der Waals surface area contributed by atoms with E-state index in [0.717, 1.165) is 10.7 Å². The zero-order chi connectivity index (χ0) is 14.9. The Morgan fingerprint density at radius 1 is 1.15 bits per heavy atom. The van der Waals surface area contributed by atoms with Crippen molar-refractivity contribution in [2.75, 3.05) is 0 Å². The van der Waals surface area contributed by atoms with Crippen LogP contribution in [0.2, 0.25) is 0 Å². The minimum absolute atomic E-state index is 0.0347. The maximum absolute atomic E-state index is 12.2. The van der Waals surface area contributed by atoms with Crippen LogP contribution in [0.15, 0.2) is 12.1 Å². The van der Waals surface area contributed by atoms with E-state index in [0.29, 0.717) is 11.4 Å². The van der Waals surface area contributed by atoms with Crippen LogP contribution in [0.5, 0.6) is 0 Å². The molecular weight excluding hydrogens is 268 g/mol. The van der Waals surface area contributed by atoms with Crippen molar-refractivity contribution in [2.24, 2.45) is 0 Å². The fraction of sp³-hybridized carbons (Fsp3) is 0.375. The summed E-state index contributed by atoms with van der Waals surface area (Å²) in [6, 6.07) is 4.30. The van der Waals surface area contributed by atoms with Gasteiger partial charge in [0.05, 0.1) is 10.7 Å². The Hall–Kier alpha value is -1.68. The predicted octanol–water partition coefficient (Wildman–Crippen LogP) is 3.62. The van der Waals surface area contributed by atoms with Gasteiger partial charge < -0.3 is 5.32 Å². The quantitative estimate of drug-likeness (QED) is 0.937. The molecule has 1 aromatic heterocycles. The van der Waals surface area contributed by atoms with Crippen molar-refractivity contribution >= 4 is 17.2 Å². The van der Waals surface area contributed by atoms with Gasteiger partial charge in [0.1, 0.15) is 4.88 Å². The van der Waals surface area contributed by atoms with Gasteiger partial charge in [-0.3, -0.25) is 4.79 Å². The lowest BCUT2D eigenvalue weighted by Gasteiger charge is -2.12. The summed E-state index contributed by atoms with van der Waals surface area (Å²) in [5, 5.41) is 3.93. The molecule has 2 aromatic rings. The third-order valence-electron chi connectivity index (χ3n) is 3.38. The third kappa shape index (κ3) is 3.07. The summed E-state index contributed by atoms with van der Waals surface area (Å²) < 4.78 is 0. The normalized spacial score (nSPS) is 10.7. The van der Waals surface area contributed by atoms with Crippen LogP contribution in [0.1, 0.15) is 42.6 Å². The first-order valence-corrected chi connectivity index (χ1v) is 7.49. The summed E-state index contributed by atoms with van der Waals surface area (Å²) in [7, 11) is 0. The van der Waals surface area contributed by atoms with E-state index in [-0.39, 0.29) is 5.91 Å². The molecule has 3 nitrogen and oxygen atoms in total. The third-order valence-corrected chi connectivity index (χ3v) is 4.45. The number of aryl methyl sites for hydroxylation is 5. The van der Waals surface area contributed by atoms with E-state index >= 15 is 0 Å². The Morgan fingerprint density at radius 2 is 1.75 bits per heavy atom. The average Bonchev–Trinajstić information content (AvgIpc) is 2.66. The number of thiazole rings is 1. The molecule has 0 aliphatic rings. The number of rotatable bonds is 3. The van der Waals surface area contributed by atoms with Gasteiger partial charge >= 0.3 is 0 Å². The van der Waals surface area contributed by atoms with Gasteiger partial charge in [-0.15, -0.1) is 11.3 Å². The summed E-state index contributed by atoms with van der Waals surface area (Å²) in [5.74, 6) is -0.0347. The molecule has 106 valence electrons. The molecule has 0 atom stereocenters. The number of nitrogens with one attached hydrogen (secondary N) is 1. The average molecular weight is 288 g/mol. The molecule has 0 aliphatic heterocycles. The number of nitrogens with zero attached hydrogens (tertiary/aromatic N) is 1. The van der Waals surface area contributed by atoms with Gasteiger partial charge in [-0.05, 0) is 51.3 Å². The van der Waals surface area contributed by atoms with Crippen LogP contribution in [0.25, 0.3) is 0 Å². The Balaban J connectivity index is 2.13. The molecule has 0 radical (unpaired) electrons. The fourth-order valence-electron chi connectivity index (χ4n) is 2.48. The first-order chi connectivity index (χ1) is 9.38. The topological polar surface area (TPSA) is 42.0 Å². The molecule has 0 aliphatic carbocycles. The maximum Gasteiger partial charge on any atom is 0.263 e. The minimum atomic E-state index is -0.0347. The Kier molecular flexibility index (Phi) is 4.23. The highest BCUT2D eigenvalue weighted by atomic mass is 32.1. The summed E-state index contributed by atoms with van der Waals surface area (Å²) >= 11 is 1.45. The number of aromatic nitrogens is 1. The van der Waals surface area contributed by atoms with Gasteiger partial charge in [-0.2, -0.15) is 0 Å². The van der Waals surface area contributed by atoms with Crippen molar-refractivity contribution in [3.63, 3.8) is 0 Å². The molecule has 1 N–H and O–H groups in total. The van der Waals surface area contributed by atoms with Crippen LogP contribution in [0.4, 0.5) is 0 Å². The number of carbonyl (C=O) groups excluding carboxylic acids is 1. The smallest absolute Gasteiger partial charge is 0.263 e. The molecule has 1 heterocycles. The minimum Gasteiger partial charge on any atom is -0.347 e. The number of hydrogen-bond acceptors (Lipinski definition) is 3. The van der Waals surface area contributed by atoms with E-state index in [1.54, 1.807) is 0 Å². The van der Waals surface area contributed by atoms with Crippen molar-refractivity contribution in [1.29, 1.82) is 0 Å². The lowest BCUT2D eigenvalue weighted by Crippen LogP contribution is -2.23. The second-order valence-corrected chi connectivity index (χ2v) is 6.41. The van der Waals surface area contributed by atoms with Crippen molar-refractivity contribution in [3.8, 4) is 0 Å². The molecule has 1 amide bonds.